The zero-order valence-corrected chi connectivity index (χ0v) is 10.3. The SMILES string of the molecule is COc1ncnc(NC2CCCC2CO)c1C. The van der Waals surface area contributed by atoms with E-state index in [2.05, 4.69) is 15.3 Å². The second kappa shape index (κ2) is 5.31. The first kappa shape index (κ1) is 12.1. The summed E-state index contributed by atoms with van der Waals surface area (Å²) < 4.78 is 5.16. The van der Waals surface area contributed by atoms with Gasteiger partial charge in [0.15, 0.2) is 0 Å². The van der Waals surface area contributed by atoms with Gasteiger partial charge in [-0.2, -0.15) is 0 Å². The maximum Gasteiger partial charge on any atom is 0.221 e. The zero-order valence-electron chi connectivity index (χ0n) is 10.3. The van der Waals surface area contributed by atoms with E-state index < -0.39 is 0 Å². The monoisotopic (exact) mass is 237 g/mol. The number of nitrogens with zero attached hydrogens (tertiary/aromatic N) is 2. The summed E-state index contributed by atoms with van der Waals surface area (Å²) in [6, 6.07) is 0.304. The van der Waals surface area contributed by atoms with Crippen LogP contribution < -0.4 is 10.1 Å². The number of nitrogens with one attached hydrogen (secondary N) is 1. The molecule has 2 atom stereocenters. The normalized spacial score (nSPS) is 23.7. The number of hydrogen-bond acceptors (Lipinski definition) is 5. The lowest BCUT2D eigenvalue weighted by molar-refractivity contribution is 0.222. The molecule has 0 saturated heterocycles. The Morgan fingerprint density at radius 3 is 3.00 bits per heavy atom. The van der Waals surface area contributed by atoms with E-state index in [0.29, 0.717) is 17.8 Å². The van der Waals surface area contributed by atoms with Crippen molar-refractivity contribution in [3.63, 3.8) is 0 Å². The number of methoxy groups -OCH3 is 1. The fourth-order valence-electron chi connectivity index (χ4n) is 2.41. The Morgan fingerprint density at radius 2 is 2.29 bits per heavy atom. The van der Waals surface area contributed by atoms with Crippen LogP contribution in [0.1, 0.15) is 24.8 Å². The summed E-state index contributed by atoms with van der Waals surface area (Å²) in [4.78, 5) is 8.28. The lowest BCUT2D eigenvalue weighted by Gasteiger charge is -2.20. The molecule has 1 heterocycles. The first-order valence-electron chi connectivity index (χ1n) is 5.99. The van der Waals surface area contributed by atoms with Crippen LogP contribution in [0.4, 0.5) is 5.82 Å². The van der Waals surface area contributed by atoms with Crippen molar-refractivity contribution in [3.05, 3.63) is 11.9 Å². The molecule has 0 spiro atoms. The standard InChI is InChI=1S/C12H19N3O2/c1-8-11(13-7-14-12(8)17-2)15-10-5-3-4-9(10)6-16/h7,9-10,16H,3-6H2,1-2H3,(H,13,14,15). The van der Waals surface area contributed by atoms with E-state index >= 15 is 0 Å². The third kappa shape index (κ3) is 2.49. The molecule has 1 aliphatic rings. The Labute approximate surface area is 101 Å². The molecule has 0 amide bonds. The van der Waals surface area contributed by atoms with E-state index in [9.17, 15) is 5.11 Å². The number of hydrogen-bond donors (Lipinski definition) is 2. The lowest BCUT2D eigenvalue weighted by Crippen LogP contribution is -2.27. The predicted octanol–water partition coefficient (Wildman–Crippen LogP) is 1.37. The minimum absolute atomic E-state index is 0.235. The maximum absolute atomic E-state index is 9.29. The van der Waals surface area contributed by atoms with Crippen LogP contribution in [0.5, 0.6) is 5.88 Å². The lowest BCUT2D eigenvalue weighted by atomic mass is 10.1. The highest BCUT2D eigenvalue weighted by Gasteiger charge is 2.27. The van der Waals surface area contributed by atoms with Gasteiger partial charge in [-0.15, -0.1) is 0 Å². The molecule has 1 fully saturated rings. The van der Waals surface area contributed by atoms with Crippen LogP contribution in [0.3, 0.4) is 0 Å². The van der Waals surface area contributed by atoms with Gasteiger partial charge in [-0.3, -0.25) is 0 Å². The van der Waals surface area contributed by atoms with Crippen LogP contribution in [0.2, 0.25) is 0 Å². The number of rotatable bonds is 4. The number of aliphatic hydroxyl groups is 1. The third-order valence-electron chi connectivity index (χ3n) is 3.45. The predicted molar refractivity (Wildman–Crippen MR) is 65.2 cm³/mol. The van der Waals surface area contributed by atoms with Gasteiger partial charge >= 0.3 is 0 Å². The molecular weight excluding hydrogens is 218 g/mol. The summed E-state index contributed by atoms with van der Waals surface area (Å²) in [5, 5.41) is 12.7. The highest BCUT2D eigenvalue weighted by molar-refractivity contribution is 5.48. The molecule has 17 heavy (non-hydrogen) atoms. The molecular formula is C12H19N3O2. The van der Waals surface area contributed by atoms with E-state index in [1.807, 2.05) is 6.92 Å². The molecule has 2 N–H and O–H groups in total. The molecule has 1 saturated carbocycles. The van der Waals surface area contributed by atoms with Gasteiger partial charge in [0, 0.05) is 18.6 Å². The first-order valence-corrected chi connectivity index (χ1v) is 5.99. The molecule has 1 aliphatic carbocycles. The van der Waals surface area contributed by atoms with Crippen molar-refractivity contribution in [2.75, 3.05) is 19.0 Å². The van der Waals surface area contributed by atoms with Gasteiger partial charge in [-0.1, -0.05) is 6.42 Å². The first-order chi connectivity index (χ1) is 8.26. The summed E-state index contributed by atoms with van der Waals surface area (Å²) >= 11 is 0. The van der Waals surface area contributed by atoms with E-state index in [0.717, 1.165) is 30.6 Å². The maximum atomic E-state index is 9.29. The smallest absolute Gasteiger partial charge is 0.221 e. The minimum Gasteiger partial charge on any atom is -0.481 e. The number of ether oxygens (including phenoxy) is 1. The molecule has 94 valence electrons. The Balaban J connectivity index is 2.13. The molecule has 0 radical (unpaired) electrons. The molecule has 0 aliphatic heterocycles. The van der Waals surface area contributed by atoms with Gasteiger partial charge in [-0.05, 0) is 19.8 Å². The Morgan fingerprint density at radius 1 is 1.47 bits per heavy atom. The molecule has 0 bridgehead atoms. The quantitative estimate of drug-likeness (QED) is 0.827. The Kier molecular flexibility index (Phi) is 3.78. The van der Waals surface area contributed by atoms with Crippen molar-refractivity contribution in [2.24, 2.45) is 5.92 Å². The fraction of sp³-hybridized carbons (Fsp3) is 0.667. The van der Waals surface area contributed by atoms with Gasteiger partial charge in [0.1, 0.15) is 12.1 Å². The summed E-state index contributed by atoms with van der Waals surface area (Å²) in [6.07, 6.45) is 4.81. The number of anilines is 1. The molecule has 5 nitrogen and oxygen atoms in total. The Hall–Kier alpha value is -1.36. The average Bonchev–Trinajstić information content (AvgIpc) is 2.79. The summed E-state index contributed by atoms with van der Waals surface area (Å²) in [5.41, 5.74) is 0.915. The van der Waals surface area contributed by atoms with Crippen LogP contribution in [-0.2, 0) is 0 Å². The summed E-state index contributed by atoms with van der Waals surface area (Å²) in [7, 11) is 1.60. The van der Waals surface area contributed by atoms with Crippen molar-refractivity contribution in [2.45, 2.75) is 32.2 Å². The molecule has 1 aromatic rings. The minimum atomic E-state index is 0.235. The second-order valence-corrected chi connectivity index (χ2v) is 4.48. The fourth-order valence-corrected chi connectivity index (χ4v) is 2.41. The van der Waals surface area contributed by atoms with E-state index in [4.69, 9.17) is 4.74 Å². The molecule has 2 unspecified atom stereocenters. The van der Waals surface area contributed by atoms with Crippen LogP contribution in [0.25, 0.3) is 0 Å². The second-order valence-electron chi connectivity index (χ2n) is 4.48. The number of aliphatic hydroxyl groups excluding tert-OH is 1. The van der Waals surface area contributed by atoms with Crippen LogP contribution >= 0.6 is 0 Å². The third-order valence-corrected chi connectivity index (χ3v) is 3.45. The molecule has 2 rings (SSSR count). The highest BCUT2D eigenvalue weighted by Crippen LogP contribution is 2.29. The molecule has 5 heteroatoms. The van der Waals surface area contributed by atoms with Crippen molar-refractivity contribution >= 4 is 5.82 Å². The van der Waals surface area contributed by atoms with E-state index in [1.165, 1.54) is 6.33 Å². The Bertz CT molecular complexity index is 384. The van der Waals surface area contributed by atoms with Crippen LogP contribution in [0.15, 0.2) is 6.33 Å². The van der Waals surface area contributed by atoms with E-state index in [-0.39, 0.29) is 6.61 Å². The zero-order chi connectivity index (χ0) is 12.3. The van der Waals surface area contributed by atoms with Gasteiger partial charge in [-0.25, -0.2) is 9.97 Å². The number of aromatic nitrogens is 2. The molecule has 1 aromatic heterocycles. The van der Waals surface area contributed by atoms with Crippen LogP contribution in [0, 0.1) is 12.8 Å². The largest absolute Gasteiger partial charge is 0.481 e. The van der Waals surface area contributed by atoms with E-state index in [1.54, 1.807) is 7.11 Å². The average molecular weight is 237 g/mol. The van der Waals surface area contributed by atoms with Crippen molar-refractivity contribution in [1.82, 2.24) is 9.97 Å². The summed E-state index contributed by atoms with van der Waals surface area (Å²) in [6.45, 7) is 2.17. The van der Waals surface area contributed by atoms with Gasteiger partial charge in [0.2, 0.25) is 5.88 Å². The van der Waals surface area contributed by atoms with Crippen molar-refractivity contribution in [1.29, 1.82) is 0 Å². The van der Waals surface area contributed by atoms with Crippen LogP contribution in [-0.4, -0.2) is 34.8 Å². The van der Waals surface area contributed by atoms with Crippen molar-refractivity contribution < 1.29 is 9.84 Å². The van der Waals surface area contributed by atoms with Gasteiger partial charge < -0.3 is 15.2 Å². The van der Waals surface area contributed by atoms with Gasteiger partial charge in [0.25, 0.3) is 0 Å². The highest BCUT2D eigenvalue weighted by atomic mass is 16.5. The topological polar surface area (TPSA) is 67.3 Å². The van der Waals surface area contributed by atoms with Gasteiger partial charge in [0.05, 0.1) is 12.7 Å². The molecule has 0 aromatic carbocycles. The van der Waals surface area contributed by atoms with Crippen molar-refractivity contribution in [3.8, 4) is 5.88 Å². The summed E-state index contributed by atoms with van der Waals surface area (Å²) in [5.74, 6) is 1.73.